The molecule has 0 fully saturated rings. The van der Waals surface area contributed by atoms with E-state index in [-0.39, 0.29) is 11.9 Å². The van der Waals surface area contributed by atoms with Gasteiger partial charge in [0.25, 0.3) is 17.7 Å². The highest BCUT2D eigenvalue weighted by Gasteiger charge is 2.40. The van der Waals surface area contributed by atoms with E-state index in [9.17, 15) is 9.59 Å². The molecule has 0 aliphatic carbocycles. The molecule has 2 aliphatic rings. The van der Waals surface area contributed by atoms with E-state index in [2.05, 4.69) is 4.99 Å². The van der Waals surface area contributed by atoms with Crippen LogP contribution in [0.1, 0.15) is 5.56 Å². The summed E-state index contributed by atoms with van der Waals surface area (Å²) in [6.45, 7) is 0. The molecule has 1 atom stereocenters. The minimum Gasteiger partial charge on any atom is -0.304 e. The lowest BCUT2D eigenvalue weighted by atomic mass is 9.92. The Morgan fingerprint density at radius 3 is 2.60 bits per heavy atom. The SMILES string of the molecule is [B]C(=O)C(=O)C1=[N+]2C=CC=CC2N=C1c1ccccc1. The number of ketones is 1. The van der Waals surface area contributed by atoms with Gasteiger partial charge in [-0.15, -0.1) is 0 Å². The number of hydrogen-bond donors (Lipinski definition) is 0. The molecule has 0 bridgehead atoms. The van der Waals surface area contributed by atoms with Crippen molar-refractivity contribution >= 4 is 30.7 Å². The molecule has 0 amide bonds. The molecule has 0 saturated carbocycles. The first kappa shape index (κ1) is 12.5. The van der Waals surface area contributed by atoms with E-state index >= 15 is 0 Å². The largest absolute Gasteiger partial charge is 0.304 e. The average Bonchev–Trinajstić information content (AvgIpc) is 2.86. The molecule has 5 heteroatoms. The number of benzene rings is 1. The summed E-state index contributed by atoms with van der Waals surface area (Å²) in [5.41, 5.74) is 0.533. The minimum atomic E-state index is -0.979. The molecule has 20 heavy (non-hydrogen) atoms. The Morgan fingerprint density at radius 2 is 1.90 bits per heavy atom. The molecule has 0 spiro atoms. The molecule has 1 aromatic rings. The van der Waals surface area contributed by atoms with Gasteiger partial charge in [0, 0.05) is 17.7 Å². The van der Waals surface area contributed by atoms with Gasteiger partial charge in [0.2, 0.25) is 0 Å². The van der Waals surface area contributed by atoms with Crippen LogP contribution in [0.4, 0.5) is 0 Å². The van der Waals surface area contributed by atoms with E-state index in [0.29, 0.717) is 5.71 Å². The fraction of sp³-hybridized carbons (Fsp3) is 0.0667. The average molecular weight is 261 g/mol. The molecule has 1 aromatic carbocycles. The quantitative estimate of drug-likeness (QED) is 0.455. The summed E-state index contributed by atoms with van der Waals surface area (Å²) in [4.78, 5) is 27.9. The van der Waals surface area contributed by atoms with Crippen molar-refractivity contribution in [2.75, 3.05) is 0 Å². The summed E-state index contributed by atoms with van der Waals surface area (Å²) < 4.78 is 1.66. The van der Waals surface area contributed by atoms with Crippen molar-refractivity contribution < 1.29 is 14.2 Å². The second-order valence-corrected chi connectivity index (χ2v) is 4.43. The fourth-order valence-electron chi connectivity index (χ4n) is 2.26. The maximum absolute atomic E-state index is 12.1. The lowest BCUT2D eigenvalue weighted by Crippen LogP contribution is -2.35. The number of carbonyl (C=O) groups is 2. The Kier molecular flexibility index (Phi) is 3.02. The van der Waals surface area contributed by atoms with Gasteiger partial charge in [0.05, 0.1) is 0 Å². The standard InChI is InChI=1S/C15H10BN2O2/c16-15(20)14(19)13-12(10-6-2-1-3-7-10)17-11-8-4-5-9-18(11)13/h1-9,11H/q+1. The van der Waals surface area contributed by atoms with Crippen LogP contribution in [-0.4, -0.2) is 41.5 Å². The minimum absolute atomic E-state index is 0.231. The molecule has 0 aromatic heterocycles. The van der Waals surface area contributed by atoms with Crippen molar-refractivity contribution in [3.63, 3.8) is 0 Å². The Bertz CT molecular complexity index is 715. The Hall–Kier alpha value is -2.56. The first-order valence-electron chi connectivity index (χ1n) is 6.16. The van der Waals surface area contributed by atoms with Crippen LogP contribution in [0.25, 0.3) is 0 Å². The van der Waals surface area contributed by atoms with Crippen molar-refractivity contribution in [2.24, 2.45) is 4.99 Å². The van der Waals surface area contributed by atoms with Crippen LogP contribution in [0, 0.1) is 0 Å². The number of rotatable bonds is 3. The summed E-state index contributed by atoms with van der Waals surface area (Å²) in [5, 5.41) is 0. The van der Waals surface area contributed by atoms with Crippen LogP contribution in [0.15, 0.2) is 59.8 Å². The lowest BCUT2D eigenvalue weighted by Gasteiger charge is -2.03. The molecular weight excluding hydrogens is 251 g/mol. The molecule has 4 nitrogen and oxygen atoms in total. The summed E-state index contributed by atoms with van der Waals surface area (Å²) in [5.74, 6) is -0.727. The van der Waals surface area contributed by atoms with Crippen LogP contribution in [0.5, 0.6) is 0 Å². The van der Waals surface area contributed by atoms with Gasteiger partial charge in [-0.25, -0.2) is 4.99 Å². The Labute approximate surface area is 117 Å². The summed E-state index contributed by atoms with van der Waals surface area (Å²) in [6, 6.07) is 9.28. The van der Waals surface area contributed by atoms with E-state index in [0.717, 1.165) is 5.56 Å². The summed E-state index contributed by atoms with van der Waals surface area (Å²) in [6.07, 6.45) is 6.91. The van der Waals surface area contributed by atoms with Crippen LogP contribution in [0.2, 0.25) is 0 Å². The van der Waals surface area contributed by atoms with Gasteiger partial charge in [-0.2, -0.15) is 4.58 Å². The zero-order valence-corrected chi connectivity index (χ0v) is 10.6. The molecule has 2 aliphatic heterocycles. The summed E-state index contributed by atoms with van der Waals surface area (Å²) in [7, 11) is 5.14. The second-order valence-electron chi connectivity index (χ2n) is 4.43. The van der Waals surface area contributed by atoms with Crippen molar-refractivity contribution in [3.8, 4) is 0 Å². The van der Waals surface area contributed by atoms with Gasteiger partial charge in [-0.05, 0) is 0 Å². The number of Topliss-reactive ketones (excluding diaryl/α,β-unsaturated/α-hetero) is 1. The third-order valence-corrected chi connectivity index (χ3v) is 3.16. The predicted octanol–water partition coefficient (Wildman–Crippen LogP) is 0.617. The Balaban J connectivity index is 2.16. The topological polar surface area (TPSA) is 49.5 Å². The molecule has 3 rings (SSSR count). The molecule has 2 radical (unpaired) electrons. The number of allylic oxidation sites excluding steroid dienone is 2. The number of nitrogens with zero attached hydrogens (tertiary/aromatic N) is 2. The highest BCUT2D eigenvalue weighted by atomic mass is 16.2. The first-order valence-corrected chi connectivity index (χ1v) is 6.16. The maximum atomic E-state index is 12.1. The van der Waals surface area contributed by atoms with Crippen molar-refractivity contribution in [1.29, 1.82) is 0 Å². The normalized spacial score (nSPS) is 19.8. The number of fused-ring (bicyclic) bond motifs is 1. The van der Waals surface area contributed by atoms with E-state index in [4.69, 9.17) is 7.85 Å². The van der Waals surface area contributed by atoms with Crippen LogP contribution in [0.3, 0.4) is 0 Å². The van der Waals surface area contributed by atoms with Gasteiger partial charge < -0.3 is 4.79 Å². The monoisotopic (exact) mass is 261 g/mol. The lowest BCUT2D eigenvalue weighted by molar-refractivity contribution is -0.479. The zero-order chi connectivity index (χ0) is 14.1. The van der Waals surface area contributed by atoms with Crippen molar-refractivity contribution in [3.05, 3.63) is 60.3 Å². The zero-order valence-electron chi connectivity index (χ0n) is 10.6. The van der Waals surface area contributed by atoms with Crippen molar-refractivity contribution in [1.82, 2.24) is 0 Å². The van der Waals surface area contributed by atoms with E-state index in [1.165, 1.54) is 0 Å². The first-order chi connectivity index (χ1) is 9.68. The van der Waals surface area contributed by atoms with Gasteiger partial charge in [-0.1, -0.05) is 36.4 Å². The molecule has 94 valence electrons. The van der Waals surface area contributed by atoms with Crippen LogP contribution in [-0.2, 0) is 9.59 Å². The van der Waals surface area contributed by atoms with Crippen molar-refractivity contribution in [2.45, 2.75) is 6.17 Å². The third kappa shape index (κ3) is 1.97. The molecule has 1 unspecified atom stereocenters. The highest BCUT2D eigenvalue weighted by Crippen LogP contribution is 2.17. The highest BCUT2D eigenvalue weighted by molar-refractivity contribution is 6.94. The molecular formula is C15H10BN2O2+. The van der Waals surface area contributed by atoms with Crippen LogP contribution < -0.4 is 0 Å². The number of aliphatic imine (C=N–C) groups is 1. The fourth-order valence-corrected chi connectivity index (χ4v) is 2.26. The summed E-state index contributed by atoms with van der Waals surface area (Å²) >= 11 is 0. The van der Waals surface area contributed by atoms with E-state index in [1.54, 1.807) is 16.9 Å². The second kappa shape index (κ2) is 4.85. The number of hydrogen-bond acceptors (Lipinski definition) is 3. The third-order valence-electron chi connectivity index (χ3n) is 3.16. The van der Waals surface area contributed by atoms with Gasteiger partial charge in [-0.3, -0.25) is 4.79 Å². The smallest absolute Gasteiger partial charge is 0.284 e. The Morgan fingerprint density at radius 1 is 1.15 bits per heavy atom. The van der Waals surface area contributed by atoms with Gasteiger partial charge in [0.15, 0.2) is 19.7 Å². The molecule has 0 saturated heterocycles. The molecule has 2 heterocycles. The van der Waals surface area contributed by atoms with Gasteiger partial charge >= 0.3 is 0 Å². The maximum Gasteiger partial charge on any atom is 0.284 e. The predicted molar refractivity (Wildman–Crippen MR) is 76.1 cm³/mol. The molecule has 0 N–H and O–H groups in total. The number of carbonyl (C=O) groups excluding carboxylic acids is 2. The van der Waals surface area contributed by atoms with Gasteiger partial charge in [0.1, 0.15) is 5.71 Å². The van der Waals surface area contributed by atoms with E-state index < -0.39 is 11.5 Å². The van der Waals surface area contributed by atoms with E-state index in [1.807, 2.05) is 42.5 Å². The van der Waals surface area contributed by atoms with Crippen LogP contribution >= 0.6 is 0 Å².